The van der Waals surface area contributed by atoms with Gasteiger partial charge in [0.25, 0.3) is 0 Å². The van der Waals surface area contributed by atoms with Crippen molar-refractivity contribution in [2.75, 3.05) is 32.2 Å². The maximum absolute atomic E-state index is 11.5. The maximum Gasteiger partial charge on any atom is 0.250 e. The number of benzene rings is 1. The summed E-state index contributed by atoms with van der Waals surface area (Å²) in [7, 11) is 1.49. The number of ether oxygens (including phenoxy) is 3. The Morgan fingerprint density at radius 2 is 2.32 bits per heavy atom. The fourth-order valence-electron chi connectivity index (χ4n) is 1.97. The van der Waals surface area contributed by atoms with E-state index >= 15 is 0 Å². The Morgan fingerprint density at radius 1 is 1.47 bits per heavy atom. The smallest absolute Gasteiger partial charge is 0.250 e. The molecule has 1 atom stereocenters. The molecule has 1 aromatic rings. The Balaban J connectivity index is 1.93. The topological polar surface area (TPSA) is 56.8 Å². The Hall–Kier alpha value is -1.59. The summed E-state index contributed by atoms with van der Waals surface area (Å²) < 4.78 is 16.0. The number of methoxy groups -OCH3 is 1. The van der Waals surface area contributed by atoms with Crippen molar-refractivity contribution in [3.63, 3.8) is 0 Å². The van der Waals surface area contributed by atoms with Gasteiger partial charge in [-0.3, -0.25) is 4.79 Å². The van der Waals surface area contributed by atoms with Crippen LogP contribution in [0.3, 0.4) is 0 Å². The SMILES string of the molecule is COCC(=O)Nc1ccccc1OCC1CCCO1. The number of para-hydroxylation sites is 2. The number of carbonyl (C=O) groups excluding carboxylic acids is 1. The highest BCUT2D eigenvalue weighted by atomic mass is 16.5. The van der Waals surface area contributed by atoms with Crippen LogP contribution in [0.15, 0.2) is 24.3 Å². The lowest BCUT2D eigenvalue weighted by Gasteiger charge is -2.15. The van der Waals surface area contributed by atoms with Crippen molar-refractivity contribution in [3.05, 3.63) is 24.3 Å². The van der Waals surface area contributed by atoms with Gasteiger partial charge < -0.3 is 19.5 Å². The van der Waals surface area contributed by atoms with Gasteiger partial charge in [-0.05, 0) is 25.0 Å². The largest absolute Gasteiger partial charge is 0.489 e. The van der Waals surface area contributed by atoms with Gasteiger partial charge in [0.1, 0.15) is 19.0 Å². The van der Waals surface area contributed by atoms with Gasteiger partial charge in [-0.25, -0.2) is 0 Å². The van der Waals surface area contributed by atoms with Gasteiger partial charge >= 0.3 is 0 Å². The molecule has 0 bridgehead atoms. The second kappa shape index (κ2) is 7.11. The van der Waals surface area contributed by atoms with Crippen LogP contribution in [0.25, 0.3) is 0 Å². The minimum Gasteiger partial charge on any atom is -0.489 e. The third kappa shape index (κ3) is 4.22. The van der Waals surface area contributed by atoms with Crippen LogP contribution < -0.4 is 10.1 Å². The first kappa shape index (κ1) is 13.8. The summed E-state index contributed by atoms with van der Waals surface area (Å²) >= 11 is 0. The molecular weight excluding hydrogens is 246 g/mol. The quantitative estimate of drug-likeness (QED) is 0.852. The molecular formula is C14H19NO4. The van der Waals surface area contributed by atoms with E-state index in [1.165, 1.54) is 7.11 Å². The van der Waals surface area contributed by atoms with Crippen LogP contribution in [0.1, 0.15) is 12.8 Å². The highest BCUT2D eigenvalue weighted by molar-refractivity contribution is 5.93. The zero-order chi connectivity index (χ0) is 13.5. The van der Waals surface area contributed by atoms with Crippen molar-refractivity contribution in [2.45, 2.75) is 18.9 Å². The van der Waals surface area contributed by atoms with Gasteiger partial charge in [0.2, 0.25) is 5.91 Å². The Bertz CT molecular complexity index is 416. The van der Waals surface area contributed by atoms with E-state index in [9.17, 15) is 4.79 Å². The van der Waals surface area contributed by atoms with Gasteiger partial charge in [0.05, 0.1) is 11.8 Å². The van der Waals surface area contributed by atoms with Crippen LogP contribution in [0, 0.1) is 0 Å². The van der Waals surface area contributed by atoms with E-state index < -0.39 is 0 Å². The first-order valence-corrected chi connectivity index (χ1v) is 6.42. The zero-order valence-corrected chi connectivity index (χ0v) is 11.1. The number of anilines is 1. The molecule has 0 spiro atoms. The molecule has 1 heterocycles. The average Bonchev–Trinajstić information content (AvgIpc) is 2.91. The van der Waals surface area contributed by atoms with E-state index in [1.54, 1.807) is 6.07 Å². The molecule has 0 saturated carbocycles. The summed E-state index contributed by atoms with van der Waals surface area (Å²) in [5, 5.41) is 2.76. The van der Waals surface area contributed by atoms with E-state index in [0.29, 0.717) is 18.0 Å². The van der Waals surface area contributed by atoms with E-state index in [2.05, 4.69) is 5.32 Å². The van der Waals surface area contributed by atoms with Gasteiger partial charge in [0, 0.05) is 13.7 Å². The molecule has 0 aromatic heterocycles. The van der Waals surface area contributed by atoms with Crippen molar-refractivity contribution in [2.24, 2.45) is 0 Å². The minimum atomic E-state index is -0.198. The van der Waals surface area contributed by atoms with Crippen LogP contribution in [-0.4, -0.2) is 38.9 Å². The van der Waals surface area contributed by atoms with Crippen LogP contribution in [0.5, 0.6) is 5.75 Å². The fourth-order valence-corrected chi connectivity index (χ4v) is 1.97. The minimum absolute atomic E-state index is 0.0278. The van der Waals surface area contributed by atoms with Crippen LogP contribution >= 0.6 is 0 Å². The molecule has 1 unspecified atom stereocenters. The summed E-state index contributed by atoms with van der Waals surface area (Å²) in [6.45, 7) is 1.34. The third-order valence-electron chi connectivity index (χ3n) is 2.89. The molecule has 2 rings (SSSR count). The normalized spacial score (nSPS) is 18.3. The monoisotopic (exact) mass is 265 g/mol. The maximum atomic E-state index is 11.5. The lowest BCUT2D eigenvalue weighted by atomic mass is 10.2. The Kier molecular flexibility index (Phi) is 5.18. The first-order valence-electron chi connectivity index (χ1n) is 6.42. The molecule has 1 aliphatic rings. The highest BCUT2D eigenvalue weighted by Crippen LogP contribution is 2.24. The van der Waals surface area contributed by atoms with E-state index in [4.69, 9.17) is 14.2 Å². The second-order valence-corrected chi connectivity index (χ2v) is 4.42. The molecule has 104 valence electrons. The van der Waals surface area contributed by atoms with Crippen LogP contribution in [0.4, 0.5) is 5.69 Å². The average molecular weight is 265 g/mol. The number of nitrogens with one attached hydrogen (secondary N) is 1. The van der Waals surface area contributed by atoms with E-state index in [-0.39, 0.29) is 18.6 Å². The lowest BCUT2D eigenvalue weighted by molar-refractivity contribution is -0.119. The predicted molar refractivity (Wildman–Crippen MR) is 71.4 cm³/mol. The summed E-state index contributed by atoms with van der Waals surface area (Å²) in [5.41, 5.74) is 0.655. The molecule has 0 aliphatic carbocycles. The summed E-state index contributed by atoms with van der Waals surface area (Å²) in [6.07, 6.45) is 2.26. The molecule has 19 heavy (non-hydrogen) atoms. The zero-order valence-electron chi connectivity index (χ0n) is 11.1. The number of amides is 1. The van der Waals surface area contributed by atoms with Crippen molar-refractivity contribution < 1.29 is 19.0 Å². The van der Waals surface area contributed by atoms with Crippen molar-refractivity contribution >= 4 is 11.6 Å². The molecule has 1 aromatic carbocycles. The van der Waals surface area contributed by atoms with Crippen LogP contribution in [-0.2, 0) is 14.3 Å². The molecule has 5 heteroatoms. The van der Waals surface area contributed by atoms with Gasteiger partial charge in [-0.15, -0.1) is 0 Å². The number of rotatable bonds is 6. The number of hydrogen-bond acceptors (Lipinski definition) is 4. The van der Waals surface area contributed by atoms with Crippen molar-refractivity contribution in [3.8, 4) is 5.75 Å². The third-order valence-corrected chi connectivity index (χ3v) is 2.89. The van der Waals surface area contributed by atoms with Gasteiger partial charge in [-0.1, -0.05) is 12.1 Å². The molecule has 1 saturated heterocycles. The van der Waals surface area contributed by atoms with E-state index in [0.717, 1.165) is 19.4 Å². The molecule has 0 radical (unpaired) electrons. The number of carbonyl (C=O) groups is 1. The number of hydrogen-bond donors (Lipinski definition) is 1. The summed E-state index contributed by atoms with van der Waals surface area (Å²) in [4.78, 5) is 11.5. The lowest BCUT2D eigenvalue weighted by Crippen LogP contribution is -2.19. The molecule has 5 nitrogen and oxygen atoms in total. The molecule has 1 fully saturated rings. The van der Waals surface area contributed by atoms with Crippen molar-refractivity contribution in [1.29, 1.82) is 0 Å². The second-order valence-electron chi connectivity index (χ2n) is 4.42. The van der Waals surface area contributed by atoms with Crippen molar-refractivity contribution in [1.82, 2.24) is 0 Å². The van der Waals surface area contributed by atoms with Gasteiger partial charge in [0.15, 0.2) is 0 Å². The Morgan fingerprint density at radius 3 is 3.05 bits per heavy atom. The van der Waals surface area contributed by atoms with E-state index in [1.807, 2.05) is 18.2 Å². The summed E-state index contributed by atoms with van der Waals surface area (Å²) in [5.74, 6) is 0.457. The standard InChI is InChI=1S/C14H19NO4/c1-17-10-14(16)15-12-6-2-3-7-13(12)19-9-11-5-4-8-18-11/h2-3,6-7,11H,4-5,8-10H2,1H3,(H,15,16). The molecule has 1 aliphatic heterocycles. The summed E-state index contributed by atoms with van der Waals surface area (Å²) in [6, 6.07) is 7.36. The Labute approximate surface area is 112 Å². The fraction of sp³-hybridized carbons (Fsp3) is 0.500. The van der Waals surface area contributed by atoms with Gasteiger partial charge in [-0.2, -0.15) is 0 Å². The predicted octanol–water partition coefficient (Wildman–Crippen LogP) is 1.83. The van der Waals surface area contributed by atoms with Crippen LogP contribution in [0.2, 0.25) is 0 Å². The molecule has 1 N–H and O–H groups in total. The molecule has 1 amide bonds. The first-order chi connectivity index (χ1) is 9.29. The highest BCUT2D eigenvalue weighted by Gasteiger charge is 2.17.